The second-order valence-corrected chi connectivity index (χ2v) is 4.46. The molecule has 1 unspecified atom stereocenters. The fourth-order valence-corrected chi connectivity index (χ4v) is 2.38. The molecule has 0 aliphatic rings. The van der Waals surface area contributed by atoms with E-state index >= 15 is 0 Å². The first-order chi connectivity index (χ1) is 7.69. The molecule has 0 amide bonds. The highest BCUT2D eigenvalue weighted by Crippen LogP contribution is 2.32. The van der Waals surface area contributed by atoms with E-state index in [4.69, 9.17) is 17.3 Å². The second kappa shape index (κ2) is 4.48. The fraction of sp³-hybridized carbons (Fsp3) is 0.385. The van der Waals surface area contributed by atoms with E-state index in [-0.39, 0.29) is 6.04 Å². The molecule has 0 bridgehead atoms. The molecule has 0 saturated carbocycles. The summed E-state index contributed by atoms with van der Waals surface area (Å²) in [4.78, 5) is 3.39. The first-order valence-electron chi connectivity index (χ1n) is 5.73. The lowest BCUT2D eigenvalue weighted by Gasteiger charge is -2.10. The molecule has 1 aromatic carbocycles. The maximum atomic E-state index is 6.18. The summed E-state index contributed by atoms with van der Waals surface area (Å²) in [5.74, 6) is 0. The van der Waals surface area contributed by atoms with E-state index in [0.29, 0.717) is 0 Å². The van der Waals surface area contributed by atoms with E-state index in [9.17, 15) is 0 Å². The smallest absolute Gasteiger partial charge is 0.0648 e. The molecule has 1 heterocycles. The van der Waals surface area contributed by atoms with Gasteiger partial charge in [0.05, 0.1) is 10.5 Å². The number of benzene rings is 1. The van der Waals surface area contributed by atoms with Gasteiger partial charge in [-0.05, 0) is 24.5 Å². The Bertz CT molecular complexity index is 502. The van der Waals surface area contributed by atoms with Crippen molar-refractivity contribution >= 4 is 22.5 Å². The number of nitrogens with two attached hydrogens (primary N) is 1. The van der Waals surface area contributed by atoms with Crippen LogP contribution in [0, 0.1) is 0 Å². The van der Waals surface area contributed by atoms with Crippen LogP contribution in [-0.2, 0) is 6.42 Å². The van der Waals surface area contributed by atoms with E-state index in [1.807, 2.05) is 12.1 Å². The second-order valence-electron chi connectivity index (χ2n) is 4.05. The third-order valence-electron chi connectivity index (χ3n) is 3.07. The maximum absolute atomic E-state index is 6.18. The molecule has 0 aliphatic heterocycles. The van der Waals surface area contributed by atoms with Gasteiger partial charge in [0, 0.05) is 17.1 Å². The van der Waals surface area contributed by atoms with Crippen LogP contribution in [0.3, 0.4) is 0 Å². The number of aryl methyl sites for hydroxylation is 1. The van der Waals surface area contributed by atoms with Crippen LogP contribution in [0.25, 0.3) is 10.9 Å². The van der Waals surface area contributed by atoms with E-state index in [2.05, 4.69) is 24.9 Å². The van der Waals surface area contributed by atoms with Crippen molar-refractivity contribution in [2.75, 3.05) is 0 Å². The molecule has 3 heteroatoms. The monoisotopic (exact) mass is 236 g/mol. The van der Waals surface area contributed by atoms with E-state index in [1.165, 1.54) is 16.6 Å². The van der Waals surface area contributed by atoms with Crippen molar-refractivity contribution in [2.45, 2.75) is 32.7 Å². The number of para-hydroxylation sites is 1. The highest BCUT2D eigenvalue weighted by Gasteiger charge is 2.16. The lowest BCUT2D eigenvalue weighted by atomic mass is 10.0. The van der Waals surface area contributed by atoms with Gasteiger partial charge in [-0.1, -0.05) is 37.6 Å². The SMILES string of the molecule is CCc1[nH]c2c(Cl)cccc2c1C(N)CC. The number of aromatic nitrogens is 1. The van der Waals surface area contributed by atoms with Crippen LogP contribution in [-0.4, -0.2) is 4.98 Å². The van der Waals surface area contributed by atoms with Crippen molar-refractivity contribution < 1.29 is 0 Å². The van der Waals surface area contributed by atoms with Crippen molar-refractivity contribution in [3.8, 4) is 0 Å². The summed E-state index contributed by atoms with van der Waals surface area (Å²) in [6.45, 7) is 4.23. The zero-order chi connectivity index (χ0) is 11.7. The summed E-state index contributed by atoms with van der Waals surface area (Å²) < 4.78 is 0. The average molecular weight is 237 g/mol. The van der Waals surface area contributed by atoms with Crippen molar-refractivity contribution in [3.63, 3.8) is 0 Å². The minimum atomic E-state index is 0.0853. The molecule has 16 heavy (non-hydrogen) atoms. The van der Waals surface area contributed by atoms with Crippen LogP contribution in [0.1, 0.15) is 37.6 Å². The molecule has 86 valence electrons. The third-order valence-corrected chi connectivity index (χ3v) is 3.38. The van der Waals surface area contributed by atoms with Crippen LogP contribution in [0.2, 0.25) is 5.02 Å². The molecule has 0 spiro atoms. The molecule has 0 aliphatic carbocycles. The summed E-state index contributed by atoms with van der Waals surface area (Å²) >= 11 is 6.18. The predicted molar refractivity (Wildman–Crippen MR) is 69.9 cm³/mol. The minimum absolute atomic E-state index is 0.0853. The quantitative estimate of drug-likeness (QED) is 0.837. The normalized spacial score (nSPS) is 13.2. The van der Waals surface area contributed by atoms with E-state index < -0.39 is 0 Å². The number of aromatic amines is 1. The fourth-order valence-electron chi connectivity index (χ4n) is 2.16. The topological polar surface area (TPSA) is 41.8 Å². The Morgan fingerprint density at radius 1 is 1.38 bits per heavy atom. The van der Waals surface area contributed by atoms with Crippen molar-refractivity contribution in [1.29, 1.82) is 0 Å². The number of halogens is 1. The summed E-state index contributed by atoms with van der Waals surface area (Å²) in [6.07, 6.45) is 1.89. The van der Waals surface area contributed by atoms with Gasteiger partial charge in [0.25, 0.3) is 0 Å². The number of hydrogen-bond donors (Lipinski definition) is 2. The molecule has 2 aromatic rings. The van der Waals surface area contributed by atoms with Gasteiger partial charge in [-0.15, -0.1) is 0 Å². The molecule has 3 N–H and O–H groups in total. The highest BCUT2D eigenvalue weighted by atomic mass is 35.5. The molecule has 0 fully saturated rings. The van der Waals surface area contributed by atoms with Crippen LogP contribution in [0.5, 0.6) is 0 Å². The number of H-pyrrole nitrogens is 1. The summed E-state index contributed by atoms with van der Waals surface area (Å²) in [5, 5.41) is 1.93. The number of rotatable bonds is 3. The van der Waals surface area contributed by atoms with Gasteiger partial charge in [-0.2, -0.15) is 0 Å². The molecule has 1 aromatic heterocycles. The zero-order valence-corrected chi connectivity index (χ0v) is 10.4. The van der Waals surface area contributed by atoms with Gasteiger partial charge < -0.3 is 10.7 Å². The van der Waals surface area contributed by atoms with Crippen molar-refractivity contribution in [3.05, 3.63) is 34.5 Å². The van der Waals surface area contributed by atoms with Gasteiger partial charge in [0.2, 0.25) is 0 Å². The zero-order valence-electron chi connectivity index (χ0n) is 9.68. The Morgan fingerprint density at radius 3 is 2.75 bits per heavy atom. The molecule has 0 saturated heterocycles. The molecule has 2 nitrogen and oxygen atoms in total. The van der Waals surface area contributed by atoms with Crippen LogP contribution >= 0.6 is 11.6 Å². The van der Waals surface area contributed by atoms with Crippen LogP contribution in [0.15, 0.2) is 18.2 Å². The maximum Gasteiger partial charge on any atom is 0.0648 e. The number of hydrogen-bond acceptors (Lipinski definition) is 1. The van der Waals surface area contributed by atoms with Crippen LogP contribution < -0.4 is 5.73 Å². The Hall–Kier alpha value is -0.990. The van der Waals surface area contributed by atoms with Gasteiger partial charge in [-0.25, -0.2) is 0 Å². The average Bonchev–Trinajstić information content (AvgIpc) is 2.68. The molecule has 0 radical (unpaired) electrons. The van der Waals surface area contributed by atoms with Gasteiger partial charge in [0.15, 0.2) is 0 Å². The Labute approximate surface area is 101 Å². The van der Waals surface area contributed by atoms with E-state index in [0.717, 1.165) is 23.4 Å². The highest BCUT2D eigenvalue weighted by molar-refractivity contribution is 6.35. The number of nitrogens with one attached hydrogen (secondary N) is 1. The molecular formula is C13H17ClN2. The Kier molecular flexibility index (Phi) is 3.22. The molecule has 2 rings (SSSR count). The largest absolute Gasteiger partial charge is 0.357 e. The third kappa shape index (κ3) is 1.72. The summed E-state index contributed by atoms with van der Waals surface area (Å²) in [6, 6.07) is 6.05. The molecule has 1 atom stereocenters. The van der Waals surface area contributed by atoms with Crippen LogP contribution in [0.4, 0.5) is 0 Å². The Balaban J connectivity index is 2.73. The predicted octanol–water partition coefficient (Wildman–Crippen LogP) is 3.79. The lowest BCUT2D eigenvalue weighted by molar-refractivity contribution is 0.694. The lowest BCUT2D eigenvalue weighted by Crippen LogP contribution is -2.10. The first-order valence-corrected chi connectivity index (χ1v) is 6.11. The Morgan fingerprint density at radius 2 is 2.12 bits per heavy atom. The van der Waals surface area contributed by atoms with Gasteiger partial charge in [0.1, 0.15) is 0 Å². The van der Waals surface area contributed by atoms with Gasteiger partial charge in [-0.3, -0.25) is 0 Å². The summed E-state index contributed by atoms with van der Waals surface area (Å²) in [5.41, 5.74) is 9.61. The summed E-state index contributed by atoms with van der Waals surface area (Å²) in [7, 11) is 0. The molecular weight excluding hydrogens is 220 g/mol. The minimum Gasteiger partial charge on any atom is -0.357 e. The van der Waals surface area contributed by atoms with E-state index in [1.54, 1.807) is 0 Å². The standard InChI is InChI=1S/C13H17ClN2/c1-3-10(15)12-8-6-5-7-9(14)13(8)16-11(12)4-2/h5-7,10,16H,3-4,15H2,1-2H3. The first kappa shape index (κ1) is 11.5. The van der Waals surface area contributed by atoms with Gasteiger partial charge >= 0.3 is 0 Å². The van der Waals surface area contributed by atoms with Crippen molar-refractivity contribution in [2.24, 2.45) is 5.73 Å². The van der Waals surface area contributed by atoms with Crippen molar-refractivity contribution in [1.82, 2.24) is 4.98 Å². The number of fused-ring (bicyclic) bond motifs is 1.